The fraction of sp³-hybridized carbons (Fsp3) is 0.792. The Bertz CT molecular complexity index is 939. The van der Waals surface area contributed by atoms with Crippen molar-refractivity contribution in [3.63, 3.8) is 0 Å². The maximum absolute atomic E-state index is 12.8. The molecule has 0 aromatic heterocycles. The van der Waals surface area contributed by atoms with E-state index in [1.165, 1.54) is 13.8 Å². The molecule has 0 aromatic carbocycles. The molecular weight excluding hydrogens is 484 g/mol. The average molecular weight is 517 g/mol. The van der Waals surface area contributed by atoms with Crippen LogP contribution < -0.4 is 0 Å². The van der Waals surface area contributed by atoms with Gasteiger partial charge in [0.05, 0.1) is 29.6 Å². The van der Waals surface area contributed by atoms with Crippen LogP contribution in [0.3, 0.4) is 0 Å². The number of carbonyl (C=O) groups is 3. The zero-order valence-corrected chi connectivity index (χ0v) is 21.1. The lowest BCUT2D eigenvalue weighted by Gasteiger charge is -2.55. The molecule has 2 aliphatic heterocycles. The number of carbonyl (C=O) groups excluding carboxylic acids is 3. The normalized spacial score (nSPS) is 51.3. The fourth-order valence-corrected chi connectivity index (χ4v) is 6.97. The molecule has 13 atom stereocenters. The zero-order valence-electron chi connectivity index (χ0n) is 20.3. The van der Waals surface area contributed by atoms with Gasteiger partial charge in [-0.25, -0.2) is 0 Å². The number of epoxide rings is 1. The number of aliphatic hydroxyl groups excluding tert-OH is 2. The van der Waals surface area contributed by atoms with Crippen LogP contribution in [0.25, 0.3) is 0 Å². The third kappa shape index (κ3) is 3.80. The molecule has 2 aliphatic carbocycles. The molecule has 35 heavy (non-hydrogen) atoms. The Morgan fingerprint density at radius 3 is 2.31 bits per heavy atom. The minimum atomic E-state index is -2.12. The molecular formula is C24H33ClO10. The van der Waals surface area contributed by atoms with Gasteiger partial charge in [-0.05, 0) is 12.8 Å². The molecule has 2 heterocycles. The molecule has 0 unspecified atom stereocenters. The summed E-state index contributed by atoms with van der Waals surface area (Å²) in [6.07, 6.45) is -7.67. The van der Waals surface area contributed by atoms with E-state index in [1.807, 2.05) is 0 Å². The van der Waals surface area contributed by atoms with Crippen LogP contribution in [0.15, 0.2) is 12.2 Å². The summed E-state index contributed by atoms with van der Waals surface area (Å²) >= 11 is 6.68. The van der Waals surface area contributed by atoms with Crippen molar-refractivity contribution < 1.29 is 48.7 Å². The lowest BCUT2D eigenvalue weighted by molar-refractivity contribution is -0.229. The van der Waals surface area contributed by atoms with E-state index in [4.69, 9.17) is 30.5 Å². The van der Waals surface area contributed by atoms with Crippen molar-refractivity contribution in [1.29, 1.82) is 0 Å². The molecule has 4 fully saturated rings. The molecule has 10 nitrogen and oxygen atoms in total. The number of esters is 3. The van der Waals surface area contributed by atoms with Gasteiger partial charge in [0.15, 0.2) is 11.7 Å². The van der Waals surface area contributed by atoms with Crippen molar-refractivity contribution in [2.24, 2.45) is 23.2 Å². The Morgan fingerprint density at radius 2 is 1.74 bits per heavy atom. The Hall–Kier alpha value is -1.72. The highest BCUT2D eigenvalue weighted by Crippen LogP contribution is 2.61. The van der Waals surface area contributed by atoms with Gasteiger partial charge in [0.25, 0.3) is 0 Å². The van der Waals surface area contributed by atoms with Gasteiger partial charge < -0.3 is 34.3 Å². The first kappa shape index (κ1) is 26.3. The number of halogens is 1. The van der Waals surface area contributed by atoms with E-state index in [1.54, 1.807) is 13.8 Å². The maximum Gasteiger partial charge on any atom is 0.312 e. The lowest BCUT2D eigenvalue weighted by Crippen LogP contribution is -2.69. The Labute approximate surface area is 208 Å². The van der Waals surface area contributed by atoms with E-state index in [0.29, 0.717) is 0 Å². The van der Waals surface area contributed by atoms with Crippen LogP contribution in [0.5, 0.6) is 0 Å². The molecule has 0 radical (unpaired) electrons. The van der Waals surface area contributed by atoms with Gasteiger partial charge in [0.2, 0.25) is 0 Å². The van der Waals surface area contributed by atoms with Crippen LogP contribution in [-0.4, -0.2) is 86.9 Å². The summed E-state index contributed by atoms with van der Waals surface area (Å²) in [4.78, 5) is 37.1. The van der Waals surface area contributed by atoms with Gasteiger partial charge in [0, 0.05) is 31.6 Å². The van der Waals surface area contributed by atoms with E-state index in [-0.39, 0.29) is 12.0 Å². The molecule has 2 saturated heterocycles. The number of alkyl halides is 1. The van der Waals surface area contributed by atoms with Gasteiger partial charge in [-0.3, -0.25) is 14.4 Å². The van der Waals surface area contributed by atoms with Crippen LogP contribution in [-0.2, 0) is 33.3 Å². The topological polar surface area (TPSA) is 152 Å². The smallest absolute Gasteiger partial charge is 0.312 e. The Kier molecular flexibility index (Phi) is 6.54. The number of aliphatic hydroxyl groups is 3. The second-order valence-electron chi connectivity index (χ2n) is 10.6. The van der Waals surface area contributed by atoms with Gasteiger partial charge in [-0.2, -0.15) is 0 Å². The van der Waals surface area contributed by atoms with Crippen LogP contribution in [0.2, 0.25) is 0 Å². The highest BCUT2D eigenvalue weighted by Gasteiger charge is 2.75. The van der Waals surface area contributed by atoms with Crippen LogP contribution >= 0.6 is 11.6 Å². The summed E-state index contributed by atoms with van der Waals surface area (Å²) in [6.45, 7) is 11.2. The van der Waals surface area contributed by atoms with Crippen LogP contribution in [0, 0.1) is 23.2 Å². The summed E-state index contributed by atoms with van der Waals surface area (Å²) in [6, 6.07) is 0. The van der Waals surface area contributed by atoms with Crippen molar-refractivity contribution in [2.75, 3.05) is 0 Å². The lowest BCUT2D eigenvalue weighted by atomic mass is 9.53. The standard InChI is InChI=1S/C24H33ClO10/c1-8-7-13(32-11(4)26)18(29)23(6)14(9(2)16(28)17-21(23)34-17)19(33-12(5)27)24(31)10(3)22(30)35-20(24)15(8)25/h9-10,13-21,28-29,31H,1,7H2,2-6H3/t9-,10+,13+,14-,15+,16-,17+,18-,19-,20+,21+,23+,24-/m1/s1. The van der Waals surface area contributed by atoms with Crippen molar-refractivity contribution in [2.45, 2.75) is 94.7 Å². The van der Waals surface area contributed by atoms with Gasteiger partial charge in [-0.15, -0.1) is 11.6 Å². The monoisotopic (exact) mass is 516 g/mol. The number of fused-ring (bicyclic) bond motifs is 4. The number of hydrogen-bond donors (Lipinski definition) is 3. The fourth-order valence-electron chi connectivity index (χ4n) is 6.63. The van der Waals surface area contributed by atoms with E-state index in [9.17, 15) is 29.7 Å². The van der Waals surface area contributed by atoms with Crippen molar-refractivity contribution >= 4 is 29.5 Å². The zero-order chi connectivity index (χ0) is 26.2. The number of hydrogen-bond acceptors (Lipinski definition) is 10. The SMILES string of the molecule is C=C1C[C@H](OC(C)=O)[C@@H](O)[C@]2(C)[C@H]([C@@H](C)[C@@H](O)[C@@H]3O[C@@H]32)[C@@H](OC(C)=O)[C@]2(O)[C@@H](C)C(=O)O[C@H]2[C@H]1Cl. The molecule has 0 spiro atoms. The summed E-state index contributed by atoms with van der Waals surface area (Å²) in [5.74, 6) is -4.91. The predicted octanol–water partition coefficient (Wildman–Crippen LogP) is 0.471. The van der Waals surface area contributed by atoms with E-state index < -0.39 is 94.8 Å². The molecule has 4 rings (SSSR count). The molecule has 0 bridgehead atoms. The largest absolute Gasteiger partial charge is 0.459 e. The maximum atomic E-state index is 12.8. The minimum absolute atomic E-state index is 0.0811. The molecule has 4 aliphatic rings. The first-order valence-electron chi connectivity index (χ1n) is 11.8. The van der Waals surface area contributed by atoms with Crippen molar-refractivity contribution in [3.05, 3.63) is 12.2 Å². The Morgan fingerprint density at radius 1 is 1.14 bits per heavy atom. The molecule has 0 amide bonds. The van der Waals surface area contributed by atoms with Gasteiger partial charge >= 0.3 is 17.9 Å². The second kappa shape index (κ2) is 8.69. The Balaban J connectivity index is 1.97. The highest BCUT2D eigenvalue weighted by molar-refractivity contribution is 6.23. The van der Waals surface area contributed by atoms with E-state index in [0.717, 1.165) is 6.92 Å². The van der Waals surface area contributed by atoms with Crippen molar-refractivity contribution in [1.82, 2.24) is 0 Å². The third-order valence-electron chi connectivity index (χ3n) is 8.55. The third-order valence-corrected chi connectivity index (χ3v) is 9.08. The number of ether oxygens (including phenoxy) is 4. The molecule has 196 valence electrons. The summed E-state index contributed by atoms with van der Waals surface area (Å²) in [5, 5.41) is 33.7. The highest BCUT2D eigenvalue weighted by atomic mass is 35.5. The van der Waals surface area contributed by atoms with Gasteiger partial charge in [0.1, 0.15) is 18.3 Å². The van der Waals surface area contributed by atoms with E-state index in [2.05, 4.69) is 6.58 Å². The molecule has 2 saturated carbocycles. The quantitative estimate of drug-likeness (QED) is 0.155. The predicted molar refractivity (Wildman–Crippen MR) is 120 cm³/mol. The van der Waals surface area contributed by atoms with E-state index >= 15 is 0 Å². The first-order chi connectivity index (χ1) is 16.2. The molecule has 0 aromatic rings. The summed E-state index contributed by atoms with van der Waals surface area (Å²) < 4.78 is 22.5. The molecule has 3 N–H and O–H groups in total. The van der Waals surface area contributed by atoms with Crippen LogP contribution in [0.4, 0.5) is 0 Å². The van der Waals surface area contributed by atoms with Crippen molar-refractivity contribution in [3.8, 4) is 0 Å². The first-order valence-corrected chi connectivity index (χ1v) is 12.2. The average Bonchev–Trinajstić information content (AvgIpc) is 3.54. The van der Waals surface area contributed by atoms with Gasteiger partial charge in [-0.1, -0.05) is 26.0 Å². The van der Waals surface area contributed by atoms with Crippen LogP contribution in [0.1, 0.15) is 41.0 Å². The summed E-state index contributed by atoms with van der Waals surface area (Å²) in [7, 11) is 0. The second-order valence-corrected chi connectivity index (χ2v) is 11.1. The molecule has 11 heteroatoms. The summed E-state index contributed by atoms with van der Waals surface area (Å²) in [5.41, 5.74) is -3.15. The minimum Gasteiger partial charge on any atom is -0.459 e. The number of rotatable bonds is 2.